The van der Waals surface area contributed by atoms with Crippen LogP contribution in [0.5, 0.6) is 0 Å². The van der Waals surface area contributed by atoms with E-state index in [2.05, 4.69) is 212 Å². The van der Waals surface area contributed by atoms with E-state index in [-0.39, 0.29) is 6.17 Å². The molecule has 0 aliphatic carbocycles. The number of hydrogen-bond acceptors (Lipinski definition) is 3. The molecular formula is C53H37N3. The summed E-state index contributed by atoms with van der Waals surface area (Å²) in [6.07, 6.45) is -0.287. The molecule has 0 saturated heterocycles. The zero-order chi connectivity index (χ0) is 37.3. The molecule has 1 N–H and O–H groups in total. The van der Waals surface area contributed by atoms with E-state index in [1.165, 1.54) is 43.8 Å². The van der Waals surface area contributed by atoms with Crippen molar-refractivity contribution in [3.8, 4) is 44.5 Å². The van der Waals surface area contributed by atoms with Crippen LogP contribution in [0.1, 0.15) is 22.9 Å². The van der Waals surface area contributed by atoms with E-state index >= 15 is 0 Å². The summed E-state index contributed by atoms with van der Waals surface area (Å²) >= 11 is 0. The molecule has 56 heavy (non-hydrogen) atoms. The smallest absolute Gasteiger partial charge is 0.159 e. The van der Waals surface area contributed by atoms with Crippen molar-refractivity contribution in [2.75, 3.05) is 0 Å². The minimum atomic E-state index is -0.287. The number of hydrogen-bond donors (Lipinski definition) is 1. The summed E-state index contributed by atoms with van der Waals surface area (Å²) in [6.45, 7) is 0. The van der Waals surface area contributed by atoms with Crippen LogP contribution < -0.4 is 5.32 Å². The number of nitrogens with one attached hydrogen (secondary N) is 1. The Labute approximate surface area is 327 Å². The van der Waals surface area contributed by atoms with Crippen molar-refractivity contribution in [3.63, 3.8) is 0 Å². The molecule has 0 spiro atoms. The normalized spacial score (nSPS) is 13.9. The number of rotatable bonds is 7. The fraction of sp³-hybridized carbons (Fsp3) is 0.0189. The molecule has 0 bridgehead atoms. The third-order valence-electron chi connectivity index (χ3n) is 10.7. The second-order valence-electron chi connectivity index (χ2n) is 14.3. The SMILES string of the molecule is c1ccc(-c2ccc3cc(-c4cccc(C5=NC(c6ccccc6)NC(c6cccc(-c7ccc8cc(-c9ccccc9)ccc8c7)c6)=N5)c4)ccc3c2)cc1. The third-order valence-corrected chi connectivity index (χ3v) is 10.7. The number of aliphatic imine (C=N–C) groups is 2. The molecule has 1 unspecified atom stereocenters. The van der Waals surface area contributed by atoms with Crippen LogP contribution in [0.25, 0.3) is 66.1 Å². The second kappa shape index (κ2) is 14.5. The van der Waals surface area contributed by atoms with Crippen LogP contribution in [0.4, 0.5) is 0 Å². The number of benzene rings is 9. The van der Waals surface area contributed by atoms with Crippen molar-refractivity contribution in [1.82, 2.24) is 5.32 Å². The van der Waals surface area contributed by atoms with E-state index in [0.717, 1.165) is 44.8 Å². The Morgan fingerprint density at radius 2 is 0.679 bits per heavy atom. The van der Waals surface area contributed by atoms with E-state index in [1.54, 1.807) is 0 Å². The van der Waals surface area contributed by atoms with Gasteiger partial charge in [-0.2, -0.15) is 0 Å². The van der Waals surface area contributed by atoms with Crippen molar-refractivity contribution in [3.05, 3.63) is 229 Å². The van der Waals surface area contributed by atoms with Crippen molar-refractivity contribution in [1.29, 1.82) is 0 Å². The Kier molecular flexibility index (Phi) is 8.58. The van der Waals surface area contributed by atoms with Crippen LogP contribution in [-0.4, -0.2) is 11.7 Å². The molecule has 0 fully saturated rings. The molecule has 9 aromatic carbocycles. The monoisotopic (exact) mass is 715 g/mol. The minimum Gasteiger partial charge on any atom is -0.344 e. The molecule has 1 aliphatic heterocycles. The van der Waals surface area contributed by atoms with Gasteiger partial charge in [0.2, 0.25) is 0 Å². The van der Waals surface area contributed by atoms with E-state index < -0.39 is 0 Å². The first-order valence-electron chi connectivity index (χ1n) is 19.1. The van der Waals surface area contributed by atoms with Gasteiger partial charge in [-0.15, -0.1) is 0 Å². The molecule has 0 amide bonds. The molecule has 3 nitrogen and oxygen atoms in total. The quantitative estimate of drug-likeness (QED) is 0.175. The average Bonchev–Trinajstić information content (AvgIpc) is 3.29. The summed E-state index contributed by atoms with van der Waals surface area (Å²) in [5, 5.41) is 8.52. The maximum Gasteiger partial charge on any atom is 0.159 e. The lowest BCUT2D eigenvalue weighted by Gasteiger charge is -2.24. The van der Waals surface area contributed by atoms with Gasteiger partial charge in [0.15, 0.2) is 5.84 Å². The van der Waals surface area contributed by atoms with Gasteiger partial charge in [-0.25, -0.2) is 9.98 Å². The molecule has 0 radical (unpaired) electrons. The van der Waals surface area contributed by atoms with Gasteiger partial charge in [0.1, 0.15) is 12.0 Å². The highest BCUT2D eigenvalue weighted by molar-refractivity contribution is 6.13. The van der Waals surface area contributed by atoms with Crippen LogP contribution in [0.3, 0.4) is 0 Å². The van der Waals surface area contributed by atoms with Gasteiger partial charge < -0.3 is 5.32 Å². The number of fused-ring (bicyclic) bond motifs is 2. The highest BCUT2D eigenvalue weighted by Gasteiger charge is 2.21. The van der Waals surface area contributed by atoms with Crippen LogP contribution in [0.2, 0.25) is 0 Å². The number of nitrogens with zero attached hydrogens (tertiary/aromatic N) is 2. The lowest BCUT2D eigenvalue weighted by molar-refractivity contribution is 0.674. The van der Waals surface area contributed by atoms with E-state index in [1.807, 2.05) is 6.07 Å². The summed E-state index contributed by atoms with van der Waals surface area (Å²) in [7, 11) is 0. The summed E-state index contributed by atoms with van der Waals surface area (Å²) < 4.78 is 0. The van der Waals surface area contributed by atoms with Crippen molar-refractivity contribution < 1.29 is 0 Å². The van der Waals surface area contributed by atoms with Gasteiger partial charge >= 0.3 is 0 Å². The maximum atomic E-state index is 5.20. The first kappa shape index (κ1) is 33.2. The summed E-state index contributed by atoms with van der Waals surface area (Å²) in [5.41, 5.74) is 12.5. The Morgan fingerprint density at radius 1 is 0.304 bits per heavy atom. The number of amidine groups is 2. The fourth-order valence-electron chi connectivity index (χ4n) is 7.69. The van der Waals surface area contributed by atoms with Gasteiger partial charge in [0, 0.05) is 11.1 Å². The zero-order valence-electron chi connectivity index (χ0n) is 30.7. The highest BCUT2D eigenvalue weighted by atomic mass is 15.2. The van der Waals surface area contributed by atoms with Crippen LogP contribution in [-0.2, 0) is 0 Å². The van der Waals surface area contributed by atoms with Crippen LogP contribution in [0.15, 0.2) is 222 Å². The summed E-state index contributed by atoms with van der Waals surface area (Å²) in [6, 6.07) is 75.5. The predicted molar refractivity (Wildman–Crippen MR) is 235 cm³/mol. The molecular weight excluding hydrogens is 679 g/mol. The zero-order valence-corrected chi connectivity index (χ0v) is 30.7. The Balaban J connectivity index is 0.983. The maximum absolute atomic E-state index is 5.20. The molecule has 1 atom stereocenters. The van der Waals surface area contributed by atoms with Gasteiger partial charge in [-0.1, -0.05) is 176 Å². The molecule has 264 valence electrons. The lowest BCUT2D eigenvalue weighted by Crippen LogP contribution is -2.33. The van der Waals surface area contributed by atoms with Crippen LogP contribution >= 0.6 is 0 Å². The molecule has 0 aromatic heterocycles. The Bertz CT molecular complexity index is 2930. The third kappa shape index (κ3) is 6.68. The molecule has 0 saturated carbocycles. The molecule has 1 aliphatic rings. The van der Waals surface area contributed by atoms with Gasteiger partial charge in [-0.3, -0.25) is 0 Å². The Morgan fingerprint density at radius 3 is 1.18 bits per heavy atom. The highest BCUT2D eigenvalue weighted by Crippen LogP contribution is 2.32. The predicted octanol–water partition coefficient (Wildman–Crippen LogP) is 13.2. The molecule has 1 heterocycles. The minimum absolute atomic E-state index is 0.287. The van der Waals surface area contributed by atoms with Gasteiger partial charge in [0.05, 0.1) is 0 Å². The van der Waals surface area contributed by atoms with E-state index in [9.17, 15) is 0 Å². The van der Waals surface area contributed by atoms with E-state index in [0.29, 0.717) is 5.84 Å². The van der Waals surface area contributed by atoms with Gasteiger partial charge in [0.25, 0.3) is 0 Å². The van der Waals surface area contributed by atoms with Gasteiger partial charge in [-0.05, 0) is 108 Å². The topological polar surface area (TPSA) is 36.8 Å². The first-order chi connectivity index (χ1) is 27.7. The van der Waals surface area contributed by atoms with Crippen molar-refractivity contribution in [2.45, 2.75) is 6.17 Å². The largest absolute Gasteiger partial charge is 0.344 e. The second-order valence-corrected chi connectivity index (χ2v) is 14.3. The Hall–Kier alpha value is -7.36. The lowest BCUT2D eigenvalue weighted by atomic mass is 9.96. The first-order valence-corrected chi connectivity index (χ1v) is 19.1. The molecule has 9 aromatic rings. The average molecular weight is 716 g/mol. The van der Waals surface area contributed by atoms with Crippen LogP contribution in [0, 0.1) is 0 Å². The van der Waals surface area contributed by atoms with Crippen molar-refractivity contribution >= 4 is 33.2 Å². The van der Waals surface area contributed by atoms with E-state index in [4.69, 9.17) is 9.98 Å². The van der Waals surface area contributed by atoms with Crippen molar-refractivity contribution in [2.24, 2.45) is 9.98 Å². The molecule has 3 heteroatoms. The summed E-state index contributed by atoms with van der Waals surface area (Å²) in [5.74, 6) is 1.50. The summed E-state index contributed by atoms with van der Waals surface area (Å²) in [4.78, 5) is 10.4. The fourth-order valence-corrected chi connectivity index (χ4v) is 7.69. The molecule has 10 rings (SSSR count). The standard InChI is InChI=1S/C53H37N3/c1-4-12-36(13-5-1)41-22-24-47-32-43(26-28-45(47)30-41)39-18-10-20-49(34-39)52-54-51(38-16-8-3-9-17-38)55-53(56-52)50-21-11-19-40(35-50)44-27-29-46-31-42(23-25-48(46)33-44)37-14-6-2-7-15-37/h1-35,51H,(H,54,55,56).